The van der Waals surface area contributed by atoms with E-state index in [1.807, 2.05) is 34.6 Å². The SMILES string of the molecule is Cc1n[nH]c(C)c1[C@H](C)NC(=O)CCc1n[nH]c(C)c1C. The zero-order chi connectivity index (χ0) is 15.6. The van der Waals surface area contributed by atoms with Crippen molar-refractivity contribution in [3.05, 3.63) is 33.9 Å². The van der Waals surface area contributed by atoms with Gasteiger partial charge in [0.25, 0.3) is 0 Å². The van der Waals surface area contributed by atoms with Gasteiger partial charge in [-0.1, -0.05) is 0 Å². The summed E-state index contributed by atoms with van der Waals surface area (Å²) in [6, 6.07) is -0.0433. The van der Waals surface area contributed by atoms with Crippen molar-refractivity contribution < 1.29 is 4.79 Å². The van der Waals surface area contributed by atoms with Crippen LogP contribution in [0.5, 0.6) is 0 Å². The fourth-order valence-electron chi connectivity index (χ4n) is 2.59. The minimum atomic E-state index is -0.0433. The minimum absolute atomic E-state index is 0.0301. The quantitative estimate of drug-likeness (QED) is 0.788. The van der Waals surface area contributed by atoms with Gasteiger partial charge in [-0.2, -0.15) is 10.2 Å². The number of aryl methyl sites for hydroxylation is 4. The molecule has 0 fully saturated rings. The number of H-pyrrole nitrogens is 2. The highest BCUT2D eigenvalue weighted by molar-refractivity contribution is 5.76. The minimum Gasteiger partial charge on any atom is -0.349 e. The van der Waals surface area contributed by atoms with Crippen molar-refractivity contribution in [1.29, 1.82) is 0 Å². The summed E-state index contributed by atoms with van der Waals surface area (Å²) in [4.78, 5) is 12.1. The van der Waals surface area contributed by atoms with Crippen LogP contribution in [0.3, 0.4) is 0 Å². The second-order valence-electron chi connectivity index (χ2n) is 5.56. The van der Waals surface area contributed by atoms with E-state index in [2.05, 4.69) is 25.7 Å². The molecule has 0 aromatic carbocycles. The van der Waals surface area contributed by atoms with E-state index in [0.717, 1.165) is 33.9 Å². The Labute approximate surface area is 124 Å². The van der Waals surface area contributed by atoms with E-state index in [9.17, 15) is 4.79 Å². The van der Waals surface area contributed by atoms with Crippen molar-refractivity contribution >= 4 is 5.91 Å². The van der Waals surface area contributed by atoms with E-state index in [-0.39, 0.29) is 11.9 Å². The predicted octanol–water partition coefficient (Wildman–Crippen LogP) is 2.18. The van der Waals surface area contributed by atoms with E-state index >= 15 is 0 Å². The van der Waals surface area contributed by atoms with Crippen LogP contribution in [0.2, 0.25) is 0 Å². The molecule has 0 radical (unpaired) electrons. The summed E-state index contributed by atoms with van der Waals surface area (Å²) in [5, 5.41) is 17.3. The highest BCUT2D eigenvalue weighted by Gasteiger charge is 2.17. The molecule has 0 bridgehead atoms. The van der Waals surface area contributed by atoms with Crippen molar-refractivity contribution in [2.45, 2.75) is 53.5 Å². The molecule has 2 aromatic rings. The summed E-state index contributed by atoms with van der Waals surface area (Å²) in [7, 11) is 0. The van der Waals surface area contributed by atoms with Gasteiger partial charge in [0.15, 0.2) is 0 Å². The van der Waals surface area contributed by atoms with Crippen LogP contribution in [0, 0.1) is 27.7 Å². The second-order valence-corrected chi connectivity index (χ2v) is 5.56. The first kappa shape index (κ1) is 15.3. The largest absolute Gasteiger partial charge is 0.349 e. The lowest BCUT2D eigenvalue weighted by Crippen LogP contribution is -2.27. The highest BCUT2D eigenvalue weighted by Crippen LogP contribution is 2.19. The van der Waals surface area contributed by atoms with E-state index in [4.69, 9.17) is 0 Å². The molecule has 2 heterocycles. The van der Waals surface area contributed by atoms with Crippen molar-refractivity contribution in [1.82, 2.24) is 25.7 Å². The van der Waals surface area contributed by atoms with Crippen LogP contribution in [0.25, 0.3) is 0 Å². The maximum absolute atomic E-state index is 12.1. The fourth-order valence-corrected chi connectivity index (χ4v) is 2.59. The molecule has 114 valence electrons. The number of carbonyl (C=O) groups is 1. The molecule has 6 heteroatoms. The second kappa shape index (κ2) is 6.11. The summed E-state index contributed by atoms with van der Waals surface area (Å²) in [6.07, 6.45) is 1.09. The van der Waals surface area contributed by atoms with Gasteiger partial charge in [0.1, 0.15) is 0 Å². The molecule has 0 saturated heterocycles. The van der Waals surface area contributed by atoms with Crippen LogP contribution in [0.1, 0.15) is 53.3 Å². The van der Waals surface area contributed by atoms with Crippen LogP contribution in [0.15, 0.2) is 0 Å². The van der Waals surface area contributed by atoms with Gasteiger partial charge in [0.05, 0.1) is 17.4 Å². The molecule has 0 aliphatic heterocycles. The number of carbonyl (C=O) groups excluding carboxylic acids is 1. The topological polar surface area (TPSA) is 86.5 Å². The molecule has 0 spiro atoms. The Kier molecular flexibility index (Phi) is 4.45. The fraction of sp³-hybridized carbons (Fsp3) is 0.533. The molecular weight excluding hydrogens is 266 g/mol. The molecule has 0 unspecified atom stereocenters. The van der Waals surface area contributed by atoms with E-state index < -0.39 is 0 Å². The Morgan fingerprint density at radius 2 is 1.81 bits per heavy atom. The van der Waals surface area contributed by atoms with E-state index in [1.54, 1.807) is 0 Å². The first-order chi connectivity index (χ1) is 9.90. The number of nitrogens with one attached hydrogen (secondary N) is 3. The summed E-state index contributed by atoms with van der Waals surface area (Å²) in [6.45, 7) is 9.89. The summed E-state index contributed by atoms with van der Waals surface area (Å²) in [5.41, 5.74) is 6.15. The van der Waals surface area contributed by atoms with Crippen molar-refractivity contribution in [3.63, 3.8) is 0 Å². The predicted molar refractivity (Wildman–Crippen MR) is 81.0 cm³/mol. The summed E-state index contributed by atoms with van der Waals surface area (Å²) >= 11 is 0. The number of nitrogens with zero attached hydrogens (tertiary/aromatic N) is 2. The molecule has 2 aromatic heterocycles. The maximum atomic E-state index is 12.1. The third-order valence-electron chi connectivity index (χ3n) is 3.94. The number of rotatable bonds is 5. The van der Waals surface area contributed by atoms with E-state index in [1.165, 1.54) is 0 Å². The van der Waals surface area contributed by atoms with Crippen LogP contribution in [-0.2, 0) is 11.2 Å². The number of aromatic amines is 2. The highest BCUT2D eigenvalue weighted by atomic mass is 16.1. The Morgan fingerprint density at radius 1 is 1.14 bits per heavy atom. The van der Waals surface area contributed by atoms with Crippen LogP contribution in [0.4, 0.5) is 0 Å². The van der Waals surface area contributed by atoms with Gasteiger partial charge in [-0.15, -0.1) is 0 Å². The van der Waals surface area contributed by atoms with Crippen LogP contribution >= 0.6 is 0 Å². The van der Waals surface area contributed by atoms with Gasteiger partial charge >= 0.3 is 0 Å². The van der Waals surface area contributed by atoms with Gasteiger partial charge < -0.3 is 5.32 Å². The smallest absolute Gasteiger partial charge is 0.220 e. The molecule has 21 heavy (non-hydrogen) atoms. The molecule has 6 nitrogen and oxygen atoms in total. The van der Waals surface area contributed by atoms with Crippen molar-refractivity contribution in [3.8, 4) is 0 Å². The molecule has 2 rings (SSSR count). The zero-order valence-corrected chi connectivity index (χ0v) is 13.3. The molecule has 0 aliphatic carbocycles. The Balaban J connectivity index is 1.92. The normalized spacial score (nSPS) is 12.4. The van der Waals surface area contributed by atoms with E-state index in [0.29, 0.717) is 12.8 Å². The lowest BCUT2D eigenvalue weighted by Gasteiger charge is -2.14. The third kappa shape index (κ3) is 3.32. The van der Waals surface area contributed by atoms with Gasteiger partial charge in [-0.05, 0) is 40.2 Å². The van der Waals surface area contributed by atoms with Gasteiger partial charge in [0.2, 0.25) is 5.91 Å². The van der Waals surface area contributed by atoms with Crippen LogP contribution < -0.4 is 5.32 Å². The Morgan fingerprint density at radius 3 is 2.33 bits per heavy atom. The first-order valence-electron chi connectivity index (χ1n) is 7.21. The molecule has 3 N–H and O–H groups in total. The van der Waals surface area contributed by atoms with Gasteiger partial charge in [-0.25, -0.2) is 0 Å². The Bertz CT molecular complexity index is 621. The number of hydrogen-bond acceptors (Lipinski definition) is 3. The lowest BCUT2D eigenvalue weighted by atomic mass is 10.1. The average molecular weight is 289 g/mol. The van der Waals surface area contributed by atoms with Crippen molar-refractivity contribution in [2.75, 3.05) is 0 Å². The monoisotopic (exact) mass is 289 g/mol. The lowest BCUT2D eigenvalue weighted by molar-refractivity contribution is -0.121. The van der Waals surface area contributed by atoms with Crippen LogP contribution in [-0.4, -0.2) is 26.3 Å². The Hall–Kier alpha value is -2.11. The maximum Gasteiger partial charge on any atom is 0.220 e. The third-order valence-corrected chi connectivity index (χ3v) is 3.94. The number of amides is 1. The first-order valence-corrected chi connectivity index (χ1v) is 7.21. The number of aromatic nitrogens is 4. The standard InChI is InChI=1S/C15H23N5O/c1-8-9(2)17-20-13(8)6-7-14(21)16-10(3)15-11(4)18-19-12(15)5/h10H,6-7H2,1-5H3,(H,16,21)(H,17,20)(H,18,19)/t10-/m0/s1. The molecule has 0 aliphatic rings. The number of hydrogen-bond donors (Lipinski definition) is 3. The molecule has 1 amide bonds. The van der Waals surface area contributed by atoms with Crippen molar-refractivity contribution in [2.24, 2.45) is 0 Å². The molecular formula is C15H23N5O. The molecule has 1 atom stereocenters. The summed E-state index contributed by atoms with van der Waals surface area (Å²) in [5.74, 6) is 0.0301. The molecule has 0 saturated carbocycles. The van der Waals surface area contributed by atoms with Gasteiger partial charge in [0, 0.05) is 29.8 Å². The summed E-state index contributed by atoms with van der Waals surface area (Å²) < 4.78 is 0. The average Bonchev–Trinajstić information content (AvgIpc) is 2.92. The zero-order valence-electron chi connectivity index (χ0n) is 13.3. The van der Waals surface area contributed by atoms with Gasteiger partial charge in [-0.3, -0.25) is 15.0 Å².